The van der Waals surface area contributed by atoms with Gasteiger partial charge in [0.1, 0.15) is 0 Å². The van der Waals surface area contributed by atoms with E-state index in [0.717, 1.165) is 10.7 Å². The normalized spacial score (nSPS) is 7.71. The topological polar surface area (TPSA) is 0 Å². The van der Waals surface area contributed by atoms with E-state index in [2.05, 4.69) is 31.8 Å². The van der Waals surface area contributed by atoms with Gasteiger partial charge in [0.2, 0.25) is 0 Å². The molecule has 0 rings (SSSR count). The Bertz CT molecular complexity index is 80.1. The molecular formula is C5H8S2. The van der Waals surface area contributed by atoms with Crippen LogP contribution >= 0.6 is 25.3 Å². The largest absolute Gasteiger partial charge is 0.137 e. The van der Waals surface area contributed by atoms with Crippen LogP contribution in [-0.2, 0) is 0 Å². The molecule has 40 valence electrons. The third-order valence-electron chi connectivity index (χ3n) is 0.467. The average Bonchev–Trinajstić information content (AvgIpc) is 1.61. The third kappa shape index (κ3) is 6.18. The third-order valence-corrected chi connectivity index (χ3v) is 0.832. The first kappa shape index (κ1) is 7.18. The zero-order chi connectivity index (χ0) is 5.70. The van der Waals surface area contributed by atoms with Gasteiger partial charge in [0.25, 0.3) is 0 Å². The monoisotopic (exact) mass is 132 g/mol. The fraction of sp³-hybridized carbons (Fsp3) is 0.200. The van der Waals surface area contributed by atoms with Crippen molar-refractivity contribution in [3.63, 3.8) is 0 Å². The van der Waals surface area contributed by atoms with E-state index >= 15 is 0 Å². The van der Waals surface area contributed by atoms with E-state index in [1.807, 2.05) is 6.08 Å². The quantitative estimate of drug-likeness (QED) is 0.418. The summed E-state index contributed by atoms with van der Waals surface area (Å²) in [5.41, 5.74) is 0. The van der Waals surface area contributed by atoms with Crippen LogP contribution in [-0.4, -0.2) is 0 Å². The van der Waals surface area contributed by atoms with E-state index in [-0.39, 0.29) is 0 Å². The number of hydrogen-bond acceptors (Lipinski definition) is 2. The Morgan fingerprint density at radius 2 is 2.14 bits per heavy atom. The molecule has 0 fully saturated rings. The second-order valence-corrected chi connectivity index (χ2v) is 2.40. The predicted octanol–water partition coefficient (Wildman–Crippen LogP) is 2.26. The molecule has 0 amide bonds. The molecule has 0 aliphatic rings. The van der Waals surface area contributed by atoms with Crippen molar-refractivity contribution in [1.82, 2.24) is 0 Å². The van der Waals surface area contributed by atoms with E-state index in [1.54, 1.807) is 6.08 Å². The van der Waals surface area contributed by atoms with Crippen LogP contribution in [0.25, 0.3) is 0 Å². The molecule has 0 aromatic rings. The molecule has 0 unspecified atom stereocenters. The van der Waals surface area contributed by atoms with Gasteiger partial charge in [0.05, 0.1) is 0 Å². The second kappa shape index (κ2) is 4.34. The lowest BCUT2D eigenvalue weighted by Crippen LogP contribution is -1.53. The fourth-order valence-corrected chi connectivity index (χ4v) is 0.400. The molecular weight excluding hydrogens is 124 g/mol. The van der Waals surface area contributed by atoms with Gasteiger partial charge in [-0.05, 0) is 6.42 Å². The van der Waals surface area contributed by atoms with Crippen molar-refractivity contribution in [2.45, 2.75) is 6.42 Å². The molecule has 0 aromatic carbocycles. The van der Waals surface area contributed by atoms with Crippen molar-refractivity contribution in [3.8, 4) is 0 Å². The van der Waals surface area contributed by atoms with Crippen LogP contribution in [0, 0.1) is 0 Å². The van der Waals surface area contributed by atoms with Crippen LogP contribution in [0.15, 0.2) is 23.0 Å². The van der Waals surface area contributed by atoms with Crippen LogP contribution < -0.4 is 0 Å². The molecule has 2 heteroatoms. The first-order valence-corrected chi connectivity index (χ1v) is 2.86. The highest BCUT2D eigenvalue weighted by molar-refractivity contribution is 8.05. The van der Waals surface area contributed by atoms with Gasteiger partial charge in [-0.15, -0.1) is 31.8 Å². The fourth-order valence-electron chi connectivity index (χ4n) is 0.189. The number of thiol groups is 2. The number of rotatable bonds is 2. The average molecular weight is 132 g/mol. The Morgan fingerprint density at radius 1 is 1.57 bits per heavy atom. The summed E-state index contributed by atoms with van der Waals surface area (Å²) in [7, 11) is 0. The molecule has 0 radical (unpaired) electrons. The van der Waals surface area contributed by atoms with Gasteiger partial charge in [0, 0.05) is 4.24 Å². The highest BCUT2D eigenvalue weighted by Crippen LogP contribution is 2.04. The van der Waals surface area contributed by atoms with Crippen molar-refractivity contribution >= 4 is 25.3 Å². The second-order valence-electron chi connectivity index (χ2n) is 1.09. The van der Waals surface area contributed by atoms with E-state index in [9.17, 15) is 0 Å². The summed E-state index contributed by atoms with van der Waals surface area (Å²) >= 11 is 7.82. The molecule has 0 bridgehead atoms. The van der Waals surface area contributed by atoms with Gasteiger partial charge in [-0.2, -0.15) is 0 Å². The van der Waals surface area contributed by atoms with Crippen molar-refractivity contribution < 1.29 is 0 Å². The summed E-state index contributed by atoms with van der Waals surface area (Å²) in [6.45, 7) is 3.52. The molecule has 0 nitrogen and oxygen atoms in total. The smallest absolute Gasteiger partial charge is 0.0302 e. The Balaban J connectivity index is 3.25. The van der Waals surface area contributed by atoms with Crippen molar-refractivity contribution in [2.75, 3.05) is 0 Å². The van der Waals surface area contributed by atoms with Gasteiger partial charge in [-0.1, -0.05) is 12.2 Å². The van der Waals surface area contributed by atoms with Crippen LogP contribution in [0.5, 0.6) is 0 Å². The molecule has 0 saturated heterocycles. The molecule has 7 heavy (non-hydrogen) atoms. The van der Waals surface area contributed by atoms with Crippen LogP contribution in [0.3, 0.4) is 0 Å². The minimum absolute atomic E-state index is 0.750. The summed E-state index contributed by atoms with van der Waals surface area (Å²) in [4.78, 5) is 0. The lowest BCUT2D eigenvalue weighted by Gasteiger charge is -1.80. The summed E-state index contributed by atoms with van der Waals surface area (Å²) in [6.07, 6.45) is 4.52. The van der Waals surface area contributed by atoms with Crippen LogP contribution in [0.1, 0.15) is 6.42 Å². The summed E-state index contributed by atoms with van der Waals surface area (Å²) in [5, 5.41) is 0. The first-order chi connectivity index (χ1) is 3.27. The minimum Gasteiger partial charge on any atom is -0.137 e. The van der Waals surface area contributed by atoms with Crippen LogP contribution in [0.2, 0.25) is 0 Å². The lowest BCUT2D eigenvalue weighted by molar-refractivity contribution is 1.42. The van der Waals surface area contributed by atoms with Crippen molar-refractivity contribution in [1.29, 1.82) is 0 Å². The van der Waals surface area contributed by atoms with Gasteiger partial charge < -0.3 is 0 Å². The van der Waals surface area contributed by atoms with E-state index < -0.39 is 0 Å². The Hall–Kier alpha value is 0.180. The van der Waals surface area contributed by atoms with E-state index in [1.165, 1.54) is 0 Å². The SMILES string of the molecule is C=CCC=C(S)S. The highest BCUT2D eigenvalue weighted by Gasteiger charge is 1.71. The lowest BCUT2D eigenvalue weighted by atomic mass is 10.4. The molecule has 0 aliphatic carbocycles. The molecule has 0 atom stereocenters. The molecule has 0 aliphatic heterocycles. The zero-order valence-corrected chi connectivity index (χ0v) is 5.75. The molecule has 0 spiro atoms. The zero-order valence-electron chi connectivity index (χ0n) is 3.96. The maximum Gasteiger partial charge on any atom is 0.0302 e. The molecule has 0 N–H and O–H groups in total. The summed E-state index contributed by atoms with van der Waals surface area (Å²) < 4.78 is 0.750. The molecule has 0 aromatic heterocycles. The predicted molar refractivity (Wildman–Crippen MR) is 40.9 cm³/mol. The first-order valence-electron chi connectivity index (χ1n) is 1.96. The van der Waals surface area contributed by atoms with E-state index in [0.29, 0.717) is 0 Å². The highest BCUT2D eigenvalue weighted by atomic mass is 32.2. The molecule has 0 saturated carbocycles. The van der Waals surface area contributed by atoms with Crippen molar-refractivity contribution in [2.24, 2.45) is 0 Å². The number of hydrogen-bond donors (Lipinski definition) is 2. The van der Waals surface area contributed by atoms with Gasteiger partial charge in [-0.3, -0.25) is 0 Å². The maximum atomic E-state index is 3.91. The Morgan fingerprint density at radius 3 is 2.29 bits per heavy atom. The molecule has 0 heterocycles. The van der Waals surface area contributed by atoms with Gasteiger partial charge >= 0.3 is 0 Å². The Labute approximate surface area is 55.1 Å². The maximum absolute atomic E-state index is 3.91. The van der Waals surface area contributed by atoms with E-state index in [4.69, 9.17) is 0 Å². The van der Waals surface area contributed by atoms with Crippen molar-refractivity contribution in [3.05, 3.63) is 23.0 Å². The minimum atomic E-state index is 0.750. The van der Waals surface area contributed by atoms with Gasteiger partial charge in [-0.25, -0.2) is 0 Å². The van der Waals surface area contributed by atoms with Crippen LogP contribution in [0.4, 0.5) is 0 Å². The summed E-state index contributed by atoms with van der Waals surface area (Å²) in [6, 6.07) is 0. The summed E-state index contributed by atoms with van der Waals surface area (Å²) in [5.74, 6) is 0. The van der Waals surface area contributed by atoms with Gasteiger partial charge in [0.15, 0.2) is 0 Å². The standard InChI is InChI=1S/C5H8S2/c1-2-3-4-5(6)7/h2,4,6-7H,1,3H2. The Kier molecular flexibility index (Phi) is 4.45. The number of allylic oxidation sites excluding steroid dienone is 2.